The molecule has 0 spiro atoms. The average molecular weight is 737 g/mol. The van der Waals surface area contributed by atoms with Gasteiger partial charge in [0.15, 0.2) is 0 Å². The molecule has 7 aromatic carbocycles. The maximum atomic E-state index is 15.8. The summed E-state index contributed by atoms with van der Waals surface area (Å²) < 4.78 is 53.3. The molecular weight excluding hydrogens is 702 g/mol. The summed E-state index contributed by atoms with van der Waals surface area (Å²) in [7, 11) is 0. The van der Waals surface area contributed by atoms with E-state index in [2.05, 4.69) is 35.5 Å². The highest BCUT2D eigenvalue weighted by molar-refractivity contribution is 5.72. The zero-order valence-electron chi connectivity index (χ0n) is 30.2. The number of hydrogen-bond acceptors (Lipinski definition) is 3. The molecule has 0 saturated carbocycles. The highest BCUT2D eigenvalue weighted by atomic mass is 19.4. The molecule has 0 bridgehead atoms. The van der Waals surface area contributed by atoms with Crippen LogP contribution in [0.3, 0.4) is 0 Å². The highest BCUT2D eigenvalue weighted by Crippen LogP contribution is 2.51. The van der Waals surface area contributed by atoms with Gasteiger partial charge in [0.05, 0.1) is 0 Å². The van der Waals surface area contributed by atoms with Gasteiger partial charge >= 0.3 is 6.18 Å². The van der Waals surface area contributed by atoms with Crippen molar-refractivity contribution in [3.63, 3.8) is 0 Å². The molecule has 0 amide bonds. The number of alkyl halides is 3. The van der Waals surface area contributed by atoms with E-state index in [1.165, 1.54) is 0 Å². The van der Waals surface area contributed by atoms with Crippen molar-refractivity contribution < 1.29 is 17.6 Å². The van der Waals surface area contributed by atoms with Gasteiger partial charge in [0, 0.05) is 11.1 Å². The lowest BCUT2D eigenvalue weighted by Gasteiger charge is -2.37. The Morgan fingerprint density at radius 3 is 0.982 bits per heavy atom. The fourth-order valence-corrected chi connectivity index (χ4v) is 7.19. The molecule has 8 aromatic rings. The normalized spacial score (nSPS) is 12.5. The molecule has 56 heavy (non-hydrogen) atoms. The van der Waals surface area contributed by atoms with Gasteiger partial charge in [0.2, 0.25) is 11.8 Å². The average Bonchev–Trinajstić information content (AvgIpc) is 3.75. The van der Waals surface area contributed by atoms with Crippen LogP contribution in [-0.2, 0) is 5.41 Å². The first-order valence-electron chi connectivity index (χ1n) is 18.1. The molecule has 0 aliphatic carbocycles. The van der Waals surface area contributed by atoms with Crippen molar-refractivity contribution in [1.29, 1.82) is 0 Å². The molecule has 0 radical (unpaired) electrons. The predicted octanol–water partition coefficient (Wildman–Crippen LogP) is 13.6. The molecule has 6 heteroatoms. The minimum Gasteiger partial charge on any atom is -0.416 e. The molecule has 272 valence electrons. The maximum Gasteiger partial charge on any atom is 0.406 e. The van der Waals surface area contributed by atoms with Crippen molar-refractivity contribution in [2.75, 3.05) is 0 Å². The van der Waals surface area contributed by atoms with Crippen molar-refractivity contribution in [2.24, 2.45) is 0 Å². The van der Waals surface area contributed by atoms with Gasteiger partial charge < -0.3 is 4.42 Å². The Morgan fingerprint density at radius 1 is 0.375 bits per heavy atom. The Balaban J connectivity index is 1.06. The van der Waals surface area contributed by atoms with Crippen LogP contribution in [0.15, 0.2) is 193 Å². The Hall–Kier alpha value is -7.05. The first-order valence-corrected chi connectivity index (χ1v) is 18.1. The Kier molecular flexibility index (Phi) is 9.63. The second kappa shape index (κ2) is 15.0. The van der Waals surface area contributed by atoms with Crippen molar-refractivity contribution in [1.82, 2.24) is 10.2 Å². The third kappa shape index (κ3) is 6.78. The van der Waals surface area contributed by atoms with Gasteiger partial charge in [-0.1, -0.05) is 177 Å². The van der Waals surface area contributed by atoms with Crippen LogP contribution >= 0.6 is 0 Å². The molecule has 8 rings (SSSR count). The minimum absolute atomic E-state index is 0.122. The molecule has 0 aliphatic rings. The third-order valence-corrected chi connectivity index (χ3v) is 10.2. The summed E-state index contributed by atoms with van der Waals surface area (Å²) in [6.45, 7) is 7.60. The van der Waals surface area contributed by atoms with E-state index >= 15 is 13.2 Å². The number of nitrogens with zero attached hydrogens (tertiary/aromatic N) is 2. The van der Waals surface area contributed by atoms with Gasteiger partial charge in [-0.2, -0.15) is 13.2 Å². The van der Waals surface area contributed by atoms with E-state index in [4.69, 9.17) is 4.42 Å². The largest absolute Gasteiger partial charge is 0.416 e. The second-order valence-electron chi connectivity index (χ2n) is 13.5. The summed E-state index contributed by atoms with van der Waals surface area (Å²) in [5, 5.41) is 8.55. The second-order valence-corrected chi connectivity index (χ2v) is 13.5. The quantitative estimate of drug-likeness (QED) is 0.131. The van der Waals surface area contributed by atoms with Gasteiger partial charge in [-0.3, -0.25) is 0 Å². The van der Waals surface area contributed by atoms with E-state index in [0.717, 1.165) is 55.6 Å². The van der Waals surface area contributed by atoms with Crippen LogP contribution in [0.2, 0.25) is 0 Å². The molecule has 0 fully saturated rings. The van der Waals surface area contributed by atoms with Crippen LogP contribution in [0.4, 0.5) is 13.2 Å². The fourth-order valence-electron chi connectivity index (χ4n) is 7.19. The topological polar surface area (TPSA) is 38.9 Å². The smallest absolute Gasteiger partial charge is 0.406 e. The van der Waals surface area contributed by atoms with Crippen LogP contribution < -0.4 is 0 Å². The summed E-state index contributed by atoms with van der Waals surface area (Å²) >= 11 is 0. The summed E-state index contributed by atoms with van der Waals surface area (Å²) in [6, 6.07) is 52.8. The number of aromatic nitrogens is 2. The van der Waals surface area contributed by atoms with Crippen molar-refractivity contribution >= 4 is 12.2 Å². The molecule has 1 heterocycles. The Bertz CT molecular complexity index is 2590. The van der Waals surface area contributed by atoms with Gasteiger partial charge in [-0.15, -0.1) is 10.2 Å². The van der Waals surface area contributed by atoms with Crippen LogP contribution in [0.25, 0.3) is 68.4 Å². The molecule has 1 aromatic heterocycles. The summed E-state index contributed by atoms with van der Waals surface area (Å²) in [5.41, 5.74) is 7.04. The number of hydrogen-bond donors (Lipinski definition) is 0. The lowest BCUT2D eigenvalue weighted by molar-refractivity contribution is -0.166. The summed E-state index contributed by atoms with van der Waals surface area (Å²) in [4.78, 5) is 0. The fraction of sp³-hybridized carbons (Fsp3) is 0.0400. The molecular formula is C50H35F3N2O. The SMILES string of the molecule is C=Cc1ccc(-c2ccc(-c3nnc(-c4ccc(-c5ccc(C(c6ccccc6)(c6ccc(-c7ccc(C=C)cc7)cc6)C(F)(F)F)cc5)cc4)o3)cc2)cc1. The van der Waals surface area contributed by atoms with E-state index in [9.17, 15) is 0 Å². The van der Waals surface area contributed by atoms with E-state index in [1.54, 1.807) is 84.9 Å². The number of halogens is 3. The van der Waals surface area contributed by atoms with Crippen LogP contribution in [-0.4, -0.2) is 16.4 Å². The first-order chi connectivity index (χ1) is 27.3. The van der Waals surface area contributed by atoms with Gasteiger partial charge in [0.25, 0.3) is 0 Å². The van der Waals surface area contributed by atoms with E-state index < -0.39 is 11.6 Å². The highest BCUT2D eigenvalue weighted by Gasteiger charge is 2.58. The monoisotopic (exact) mass is 736 g/mol. The number of rotatable bonds is 10. The minimum atomic E-state index is -4.66. The maximum absolute atomic E-state index is 15.8. The first kappa shape index (κ1) is 36.0. The molecule has 1 unspecified atom stereocenters. The Morgan fingerprint density at radius 2 is 0.661 bits per heavy atom. The molecule has 1 atom stereocenters. The molecule has 0 N–H and O–H groups in total. The molecule has 3 nitrogen and oxygen atoms in total. The third-order valence-electron chi connectivity index (χ3n) is 10.2. The van der Waals surface area contributed by atoms with Gasteiger partial charge in [-0.05, 0) is 85.5 Å². The van der Waals surface area contributed by atoms with Crippen LogP contribution in [0, 0.1) is 0 Å². The summed E-state index contributed by atoms with van der Waals surface area (Å²) in [6.07, 6.45) is -1.09. The summed E-state index contributed by atoms with van der Waals surface area (Å²) in [5.74, 6) is 0.764. The zero-order chi connectivity index (χ0) is 38.7. The molecule has 0 aliphatic heterocycles. The van der Waals surface area contributed by atoms with Gasteiger partial charge in [-0.25, -0.2) is 0 Å². The lowest BCUT2D eigenvalue weighted by atomic mass is 9.68. The zero-order valence-corrected chi connectivity index (χ0v) is 30.2. The van der Waals surface area contributed by atoms with E-state index in [1.807, 2.05) is 91.0 Å². The molecule has 0 saturated heterocycles. The van der Waals surface area contributed by atoms with Crippen molar-refractivity contribution in [2.45, 2.75) is 11.6 Å². The van der Waals surface area contributed by atoms with E-state index in [-0.39, 0.29) is 16.7 Å². The van der Waals surface area contributed by atoms with E-state index in [0.29, 0.717) is 11.8 Å². The van der Waals surface area contributed by atoms with Crippen molar-refractivity contribution in [3.8, 4) is 56.3 Å². The number of benzene rings is 7. The van der Waals surface area contributed by atoms with Crippen molar-refractivity contribution in [3.05, 3.63) is 217 Å². The predicted molar refractivity (Wildman–Crippen MR) is 220 cm³/mol. The Labute approximate surface area is 323 Å². The standard InChI is InChI=1S/C50H35F3N2O/c1-3-34-10-14-36(15-11-34)38-18-22-42(23-19-38)47-54-55-48(56-47)43-24-20-39(21-25-43)41-28-32-46(33-29-41)49(50(51,52)53,44-8-6-5-7-9-44)45-30-26-40(27-31-45)37-16-12-35(4-2)13-17-37/h3-33H,1-2H2. The van der Waals surface area contributed by atoms with Gasteiger partial charge in [0.1, 0.15) is 5.41 Å². The lowest BCUT2D eigenvalue weighted by Crippen LogP contribution is -2.44. The van der Waals surface area contributed by atoms with Crippen LogP contribution in [0.5, 0.6) is 0 Å². The van der Waals surface area contributed by atoms with Crippen LogP contribution in [0.1, 0.15) is 27.8 Å².